The monoisotopic (exact) mass is 777 g/mol. The van der Waals surface area contributed by atoms with Crippen LogP contribution in [0.4, 0.5) is 4.79 Å². The van der Waals surface area contributed by atoms with E-state index in [1.54, 1.807) is 13.8 Å². The lowest BCUT2D eigenvalue weighted by molar-refractivity contribution is -0.142. The Labute approximate surface area is 324 Å². The van der Waals surface area contributed by atoms with Crippen LogP contribution in [-0.2, 0) is 36.1 Å². The summed E-state index contributed by atoms with van der Waals surface area (Å²) in [6.45, 7) is 3.40. The number of aliphatic hydroxyl groups is 1. The van der Waals surface area contributed by atoms with Crippen molar-refractivity contribution in [2.24, 2.45) is 11.7 Å². The fourth-order valence-electron chi connectivity index (χ4n) is 7.32. The molecule has 56 heavy (non-hydrogen) atoms. The van der Waals surface area contributed by atoms with E-state index in [0.717, 1.165) is 37.7 Å². The number of carbonyl (C=O) groups excluding carboxylic acids is 6. The van der Waals surface area contributed by atoms with Crippen molar-refractivity contribution in [3.05, 3.63) is 65.8 Å². The molecule has 1 aliphatic carbocycles. The minimum absolute atomic E-state index is 0.0172. The van der Waals surface area contributed by atoms with E-state index in [1.165, 1.54) is 28.2 Å². The predicted molar refractivity (Wildman–Crippen MR) is 198 cm³/mol. The molecule has 18 heteroatoms. The minimum Gasteiger partial charge on any atom is -0.445 e. The van der Waals surface area contributed by atoms with Gasteiger partial charge in [0, 0.05) is 19.5 Å². The average Bonchev–Trinajstić information content (AvgIpc) is 3.98. The number of alkyl carbamates (subject to hydrolysis) is 1. The second-order valence-corrected chi connectivity index (χ2v) is 15.0. The first kappa shape index (κ1) is 41.5. The molecule has 0 spiro atoms. The van der Waals surface area contributed by atoms with E-state index >= 15 is 0 Å². The van der Waals surface area contributed by atoms with Gasteiger partial charge in [0.2, 0.25) is 17.6 Å². The highest BCUT2D eigenvalue weighted by molar-refractivity contribution is 6.37. The van der Waals surface area contributed by atoms with Crippen molar-refractivity contribution in [1.82, 2.24) is 41.0 Å². The van der Waals surface area contributed by atoms with Crippen molar-refractivity contribution in [1.29, 1.82) is 0 Å². The van der Waals surface area contributed by atoms with E-state index < -0.39 is 65.3 Å². The van der Waals surface area contributed by atoms with Crippen LogP contribution < -0.4 is 21.7 Å². The molecule has 0 bridgehead atoms. The van der Waals surface area contributed by atoms with Gasteiger partial charge in [0.05, 0.1) is 35.7 Å². The molecule has 2 aromatic heterocycles. The largest absolute Gasteiger partial charge is 0.445 e. The molecule has 1 saturated carbocycles. The normalized spacial score (nSPS) is 18.4. The van der Waals surface area contributed by atoms with Gasteiger partial charge < -0.3 is 41.0 Å². The minimum atomic E-state index is -1.36. The summed E-state index contributed by atoms with van der Waals surface area (Å²) >= 11 is 0. The average molecular weight is 778 g/mol. The van der Waals surface area contributed by atoms with E-state index in [1.807, 2.05) is 30.3 Å². The Morgan fingerprint density at radius 2 is 1.77 bits per heavy atom. The van der Waals surface area contributed by atoms with Crippen molar-refractivity contribution in [3.63, 3.8) is 0 Å². The Balaban J connectivity index is 1.31. The summed E-state index contributed by atoms with van der Waals surface area (Å²) in [7, 11) is 0. The van der Waals surface area contributed by atoms with Crippen molar-refractivity contribution < 1.29 is 43.1 Å². The number of nitrogens with zero attached hydrogens (tertiary/aromatic N) is 5. The number of carbonyl (C=O) groups is 6. The molecular formula is C38H51N9O9. The smallest absolute Gasteiger partial charge is 0.407 e. The summed E-state index contributed by atoms with van der Waals surface area (Å²) < 4.78 is 11.5. The van der Waals surface area contributed by atoms with Crippen LogP contribution >= 0.6 is 0 Å². The standard InChI is InChI=1S/C38H51N9O9/c1-38(2,54)31-20-41-45-47(31)27-18-30(46(21-27)36(52)29(17-24-11-5-3-6-12-24)44-34(50)26-19-42-56-23-26)35(51)43-28(32(48)33(39)49)15-9-10-16-40-37(53)55-22-25-13-7-4-8-14-25/h4,7-8,13-14,19-20,23-24,27-30,54H,3,5-6,9-12,15-18,21-22H2,1-2H3,(H2,39,49)(H,40,53)(H,43,51)(H,44,50)/t27-,28?,29+,30-/m0/s1. The summed E-state index contributed by atoms with van der Waals surface area (Å²) in [6, 6.07) is 5.05. The van der Waals surface area contributed by atoms with E-state index in [2.05, 4.69) is 31.4 Å². The molecule has 2 fully saturated rings. The van der Waals surface area contributed by atoms with E-state index in [-0.39, 0.29) is 44.0 Å². The van der Waals surface area contributed by atoms with Gasteiger partial charge in [0.25, 0.3) is 11.8 Å². The molecule has 1 aromatic carbocycles. The fraction of sp³-hybridized carbons (Fsp3) is 0.553. The van der Waals surface area contributed by atoms with Crippen molar-refractivity contribution in [2.75, 3.05) is 13.1 Å². The van der Waals surface area contributed by atoms with Gasteiger partial charge in [-0.3, -0.25) is 24.0 Å². The molecule has 302 valence electrons. The van der Waals surface area contributed by atoms with Crippen LogP contribution in [0.25, 0.3) is 0 Å². The molecule has 3 aromatic rings. The van der Waals surface area contributed by atoms with Gasteiger partial charge in [-0.05, 0) is 51.0 Å². The van der Waals surface area contributed by atoms with Crippen LogP contribution in [0.3, 0.4) is 0 Å². The molecule has 5 amide bonds. The number of amides is 5. The fourth-order valence-corrected chi connectivity index (χ4v) is 7.32. The Hall–Kier alpha value is -5.65. The van der Waals surface area contributed by atoms with Crippen molar-refractivity contribution in [3.8, 4) is 0 Å². The lowest BCUT2D eigenvalue weighted by Crippen LogP contribution is -2.56. The van der Waals surface area contributed by atoms with Crippen LogP contribution in [0.5, 0.6) is 0 Å². The van der Waals surface area contributed by atoms with Gasteiger partial charge in [-0.15, -0.1) is 5.10 Å². The lowest BCUT2D eigenvalue weighted by Gasteiger charge is -2.32. The molecule has 3 heterocycles. The number of unbranched alkanes of at least 4 members (excludes halogenated alkanes) is 1. The topological polar surface area (TPSA) is 254 Å². The summed E-state index contributed by atoms with van der Waals surface area (Å²) in [5.74, 6) is -3.90. The maximum Gasteiger partial charge on any atom is 0.407 e. The Morgan fingerprint density at radius 3 is 2.45 bits per heavy atom. The third kappa shape index (κ3) is 11.2. The number of ether oxygens (including phenoxy) is 1. The zero-order valence-corrected chi connectivity index (χ0v) is 31.7. The maximum absolute atomic E-state index is 14.6. The number of hydrogen-bond acceptors (Lipinski definition) is 12. The number of rotatable bonds is 18. The van der Waals surface area contributed by atoms with Crippen molar-refractivity contribution >= 4 is 35.5 Å². The van der Waals surface area contributed by atoms with Crippen LogP contribution in [-0.4, -0.2) is 96.9 Å². The Morgan fingerprint density at radius 1 is 1.02 bits per heavy atom. The Kier molecular flexibility index (Phi) is 14.3. The molecule has 1 saturated heterocycles. The first-order valence-corrected chi connectivity index (χ1v) is 19.0. The maximum atomic E-state index is 14.6. The predicted octanol–water partition coefficient (Wildman–Crippen LogP) is 2.04. The van der Waals surface area contributed by atoms with E-state index in [4.69, 9.17) is 15.0 Å². The van der Waals surface area contributed by atoms with Crippen LogP contribution in [0.1, 0.15) is 106 Å². The molecule has 6 N–H and O–H groups in total. The third-order valence-corrected chi connectivity index (χ3v) is 10.3. The highest BCUT2D eigenvalue weighted by atomic mass is 16.5. The van der Waals surface area contributed by atoms with Crippen molar-refractivity contribution in [2.45, 2.75) is 114 Å². The number of ketones is 1. The van der Waals surface area contributed by atoms with Gasteiger partial charge in [-0.1, -0.05) is 72.8 Å². The zero-order valence-electron chi connectivity index (χ0n) is 31.7. The SMILES string of the molecule is CC(C)(O)c1cnnn1[C@H]1C[C@@H](C(=O)NC(CCCCNC(=O)OCc2ccccc2)C(=O)C(N)=O)N(C(=O)[C@@H](CC2CCCCC2)NC(=O)c2cnoc2)C1. The first-order valence-electron chi connectivity index (χ1n) is 19.0. The molecule has 4 atom stereocenters. The van der Waals surface area contributed by atoms with Gasteiger partial charge in [0.15, 0.2) is 0 Å². The van der Waals surface area contributed by atoms with Gasteiger partial charge in [0.1, 0.15) is 30.6 Å². The molecule has 1 aliphatic heterocycles. The number of primary amides is 1. The van der Waals surface area contributed by atoms with E-state index in [0.29, 0.717) is 25.0 Å². The van der Waals surface area contributed by atoms with Crippen LogP contribution in [0.15, 0.2) is 53.5 Å². The molecule has 5 rings (SSSR count). The number of nitrogens with two attached hydrogens (primary N) is 1. The summed E-state index contributed by atoms with van der Waals surface area (Å²) in [4.78, 5) is 80.6. The number of likely N-dealkylation sites (tertiary alicyclic amines) is 1. The van der Waals surface area contributed by atoms with Crippen LogP contribution in [0, 0.1) is 5.92 Å². The van der Waals surface area contributed by atoms with E-state index in [9.17, 15) is 33.9 Å². The highest BCUT2D eigenvalue weighted by Crippen LogP contribution is 2.33. The lowest BCUT2D eigenvalue weighted by atomic mass is 9.84. The number of nitrogens with one attached hydrogen (secondary N) is 3. The quantitative estimate of drug-likeness (QED) is 0.0919. The summed E-state index contributed by atoms with van der Waals surface area (Å²) in [6.07, 6.45) is 9.12. The van der Waals surface area contributed by atoms with Gasteiger partial charge in [-0.2, -0.15) is 0 Å². The first-order chi connectivity index (χ1) is 26.8. The number of hydrogen-bond donors (Lipinski definition) is 5. The number of benzene rings is 1. The molecule has 1 unspecified atom stereocenters. The second kappa shape index (κ2) is 19.3. The molecule has 2 aliphatic rings. The van der Waals surface area contributed by atoms with Crippen LogP contribution in [0.2, 0.25) is 0 Å². The number of Topliss-reactive ketones (excluding diaryl/α,β-unsaturated/α-hetero) is 1. The highest BCUT2D eigenvalue weighted by Gasteiger charge is 2.45. The summed E-state index contributed by atoms with van der Waals surface area (Å²) in [5.41, 5.74) is 5.34. The van der Waals surface area contributed by atoms with Gasteiger partial charge in [-0.25, -0.2) is 9.48 Å². The Bertz CT molecular complexity index is 1800. The molecule has 18 nitrogen and oxygen atoms in total. The van der Waals surface area contributed by atoms with Gasteiger partial charge >= 0.3 is 6.09 Å². The molecule has 0 radical (unpaired) electrons. The second-order valence-electron chi connectivity index (χ2n) is 15.0. The molecular weight excluding hydrogens is 726 g/mol. The number of aromatic nitrogens is 4. The summed E-state index contributed by atoms with van der Waals surface area (Å²) in [5, 5.41) is 30.7. The zero-order chi connectivity index (χ0) is 40.2. The third-order valence-electron chi connectivity index (χ3n) is 10.3.